The Bertz CT molecular complexity index is 1220. The van der Waals surface area contributed by atoms with Gasteiger partial charge in [0.25, 0.3) is 0 Å². The number of alkyl halides is 3. The molecule has 2 aromatic rings. The van der Waals surface area contributed by atoms with Gasteiger partial charge in [-0.05, 0) is 12.5 Å². The summed E-state index contributed by atoms with van der Waals surface area (Å²) < 4.78 is 43.0. The van der Waals surface area contributed by atoms with Gasteiger partial charge in [0.15, 0.2) is 11.7 Å². The molecule has 1 saturated heterocycles. The molecule has 2 bridgehead atoms. The Labute approximate surface area is 197 Å². The van der Waals surface area contributed by atoms with E-state index in [2.05, 4.69) is 30.5 Å². The molecule has 3 aliphatic rings. The van der Waals surface area contributed by atoms with Crippen LogP contribution in [0, 0.1) is 6.92 Å². The van der Waals surface area contributed by atoms with E-state index in [1.165, 1.54) is 23.5 Å². The van der Waals surface area contributed by atoms with Crippen molar-refractivity contribution < 1.29 is 27.2 Å². The lowest BCUT2D eigenvalue weighted by Gasteiger charge is -2.40. The summed E-state index contributed by atoms with van der Waals surface area (Å²) in [6, 6.07) is -0.213. The van der Waals surface area contributed by atoms with Crippen LogP contribution in [-0.2, 0) is 4.79 Å². The number of anilines is 1. The first-order valence-corrected chi connectivity index (χ1v) is 10.8. The Morgan fingerprint density at radius 3 is 2.86 bits per heavy atom. The van der Waals surface area contributed by atoms with Crippen LogP contribution < -0.4 is 16.0 Å². The standard InChI is InChI=1S/C21H21F3N8O3/c1-11-25-7-16(35-11)14-6-17(28-10-27-14)30-20(34)32-12-4-5-31(8-12)15-3-2-13(29-18(15)32)19(33)26-9-21(22,23)24/h2-3,6-7,10,12-13,29H,4-5,8-9H2,1H3,(H,26,33)(H,27,28,30,34). The predicted molar refractivity (Wildman–Crippen MR) is 115 cm³/mol. The van der Waals surface area contributed by atoms with Gasteiger partial charge < -0.3 is 20.0 Å². The van der Waals surface area contributed by atoms with Crippen LogP contribution in [0.15, 0.2) is 46.7 Å². The van der Waals surface area contributed by atoms with Crippen molar-refractivity contribution >= 4 is 17.8 Å². The van der Waals surface area contributed by atoms with E-state index in [9.17, 15) is 22.8 Å². The molecule has 0 aliphatic carbocycles. The normalized spacial score (nSPS) is 21.0. The van der Waals surface area contributed by atoms with Gasteiger partial charge in [-0.1, -0.05) is 6.08 Å². The molecule has 0 aromatic carbocycles. The fraction of sp³-hybridized carbons (Fsp3) is 0.381. The number of nitrogens with zero attached hydrogens (tertiary/aromatic N) is 5. The Morgan fingerprint density at radius 2 is 2.11 bits per heavy atom. The lowest BCUT2D eigenvalue weighted by atomic mass is 10.1. The van der Waals surface area contributed by atoms with Gasteiger partial charge in [0.1, 0.15) is 36.2 Å². The zero-order valence-corrected chi connectivity index (χ0v) is 18.5. The van der Waals surface area contributed by atoms with E-state index in [1.54, 1.807) is 19.1 Å². The summed E-state index contributed by atoms with van der Waals surface area (Å²) >= 11 is 0. The lowest BCUT2D eigenvalue weighted by molar-refractivity contribution is -0.138. The molecule has 11 nitrogen and oxygen atoms in total. The first-order chi connectivity index (χ1) is 16.7. The van der Waals surface area contributed by atoms with Crippen molar-refractivity contribution in [1.29, 1.82) is 0 Å². The van der Waals surface area contributed by atoms with Crippen LogP contribution in [0.25, 0.3) is 11.5 Å². The highest BCUT2D eigenvalue weighted by Gasteiger charge is 2.43. The molecule has 35 heavy (non-hydrogen) atoms. The lowest BCUT2D eigenvalue weighted by Crippen LogP contribution is -2.56. The zero-order chi connectivity index (χ0) is 24.7. The van der Waals surface area contributed by atoms with Crippen LogP contribution in [0.5, 0.6) is 0 Å². The minimum Gasteiger partial charge on any atom is -0.439 e. The third kappa shape index (κ3) is 4.63. The summed E-state index contributed by atoms with van der Waals surface area (Å²) in [5.74, 6) is 0.615. The van der Waals surface area contributed by atoms with Crippen molar-refractivity contribution in [3.05, 3.63) is 48.2 Å². The second kappa shape index (κ2) is 8.60. The van der Waals surface area contributed by atoms with Crippen molar-refractivity contribution in [1.82, 2.24) is 35.4 Å². The van der Waals surface area contributed by atoms with Gasteiger partial charge in [-0.2, -0.15) is 13.2 Å². The quantitative estimate of drug-likeness (QED) is 0.591. The number of aryl methyl sites for hydroxylation is 1. The summed E-state index contributed by atoms with van der Waals surface area (Å²) in [5, 5.41) is 7.54. The number of amides is 3. The third-order valence-electron chi connectivity index (χ3n) is 5.83. The average Bonchev–Trinajstić information content (AvgIpc) is 3.44. The Hall–Kier alpha value is -4.10. The predicted octanol–water partition coefficient (Wildman–Crippen LogP) is 1.74. The van der Waals surface area contributed by atoms with Crippen molar-refractivity contribution in [3.63, 3.8) is 0 Å². The van der Waals surface area contributed by atoms with Gasteiger partial charge in [-0.15, -0.1) is 0 Å². The largest absolute Gasteiger partial charge is 0.439 e. The van der Waals surface area contributed by atoms with Gasteiger partial charge in [-0.25, -0.2) is 19.7 Å². The molecule has 5 rings (SSSR count). The van der Waals surface area contributed by atoms with Crippen LogP contribution in [0.3, 0.4) is 0 Å². The fourth-order valence-electron chi connectivity index (χ4n) is 4.27. The second-order valence-corrected chi connectivity index (χ2v) is 8.27. The molecular formula is C21H21F3N8O3. The van der Waals surface area contributed by atoms with Gasteiger partial charge in [0.2, 0.25) is 5.91 Å². The number of allylic oxidation sites excluding steroid dienone is 1. The van der Waals surface area contributed by atoms with E-state index in [4.69, 9.17) is 4.42 Å². The van der Waals surface area contributed by atoms with Crippen LogP contribution in [-0.4, -0.2) is 74.6 Å². The van der Waals surface area contributed by atoms with Crippen LogP contribution in [0.1, 0.15) is 12.3 Å². The van der Waals surface area contributed by atoms with Crippen LogP contribution >= 0.6 is 0 Å². The van der Waals surface area contributed by atoms with E-state index in [1.807, 2.05) is 5.32 Å². The van der Waals surface area contributed by atoms with Crippen LogP contribution in [0.2, 0.25) is 0 Å². The number of rotatable bonds is 4. The van der Waals surface area contributed by atoms with Gasteiger partial charge in [0.05, 0.1) is 17.9 Å². The highest BCUT2D eigenvalue weighted by Crippen LogP contribution is 2.33. The Balaban J connectivity index is 1.35. The Kier molecular flexibility index (Phi) is 5.57. The van der Waals surface area contributed by atoms with Crippen molar-refractivity contribution in [3.8, 4) is 11.5 Å². The maximum atomic E-state index is 13.3. The fourth-order valence-corrected chi connectivity index (χ4v) is 4.27. The number of halogens is 3. The highest BCUT2D eigenvalue weighted by molar-refractivity contribution is 5.91. The van der Waals surface area contributed by atoms with Crippen molar-refractivity contribution in [2.45, 2.75) is 31.6 Å². The molecule has 5 heterocycles. The second-order valence-electron chi connectivity index (χ2n) is 8.27. The van der Waals surface area contributed by atoms with E-state index in [0.29, 0.717) is 48.4 Å². The molecular weight excluding hydrogens is 469 g/mol. The summed E-state index contributed by atoms with van der Waals surface area (Å²) in [4.78, 5) is 41.5. The van der Waals surface area contributed by atoms with Gasteiger partial charge >= 0.3 is 12.2 Å². The summed E-state index contributed by atoms with van der Waals surface area (Å²) in [6.45, 7) is 1.55. The first-order valence-electron chi connectivity index (χ1n) is 10.8. The number of urea groups is 1. The maximum Gasteiger partial charge on any atom is 0.405 e. The molecule has 0 radical (unpaired) electrons. The smallest absolute Gasteiger partial charge is 0.405 e. The van der Waals surface area contributed by atoms with Crippen molar-refractivity contribution in [2.75, 3.05) is 25.0 Å². The molecule has 2 aromatic heterocycles. The molecule has 3 aliphatic heterocycles. The topological polar surface area (TPSA) is 129 Å². The van der Waals surface area contributed by atoms with E-state index in [-0.39, 0.29) is 11.9 Å². The monoisotopic (exact) mass is 490 g/mol. The molecule has 1 fully saturated rings. The third-order valence-corrected chi connectivity index (χ3v) is 5.83. The molecule has 3 amide bonds. The first kappa shape index (κ1) is 22.7. The number of carbonyl (C=O) groups is 2. The number of oxazole rings is 1. The van der Waals surface area contributed by atoms with E-state index in [0.717, 1.165) is 0 Å². The summed E-state index contributed by atoms with van der Waals surface area (Å²) in [6.07, 6.45) is 2.09. The number of hydrogen-bond donors (Lipinski definition) is 3. The number of hydrogen-bond acceptors (Lipinski definition) is 8. The molecule has 0 saturated carbocycles. The number of dihydropyridines is 1. The van der Waals surface area contributed by atoms with Crippen molar-refractivity contribution in [2.24, 2.45) is 0 Å². The average molecular weight is 490 g/mol. The minimum absolute atomic E-state index is 0.190. The summed E-state index contributed by atoms with van der Waals surface area (Å²) in [7, 11) is 0. The molecule has 184 valence electrons. The number of aromatic nitrogens is 3. The molecule has 0 spiro atoms. The molecule has 14 heteroatoms. The number of nitrogens with one attached hydrogen (secondary N) is 3. The van der Waals surface area contributed by atoms with E-state index < -0.39 is 30.7 Å². The van der Waals surface area contributed by atoms with Gasteiger partial charge in [0, 0.05) is 26.1 Å². The molecule has 3 N–H and O–H groups in total. The number of fused-ring (bicyclic) bond motifs is 3. The SMILES string of the molecule is Cc1ncc(-c2cc(NC(=O)N3C4=C(C=CC(C(=O)NCC(F)(F)F)N4)N4CCC3C4)ncn2)o1. The van der Waals surface area contributed by atoms with Crippen LogP contribution in [0.4, 0.5) is 23.8 Å². The zero-order valence-electron chi connectivity index (χ0n) is 18.5. The molecule has 2 atom stereocenters. The van der Waals surface area contributed by atoms with Gasteiger partial charge in [-0.3, -0.25) is 15.0 Å². The maximum absolute atomic E-state index is 13.3. The summed E-state index contributed by atoms with van der Waals surface area (Å²) in [5.41, 5.74) is 1.12. The molecule has 2 unspecified atom stereocenters. The highest BCUT2D eigenvalue weighted by atomic mass is 19.4. The minimum atomic E-state index is -4.53. The number of carbonyl (C=O) groups excluding carboxylic acids is 2. The van der Waals surface area contributed by atoms with E-state index >= 15 is 0 Å². The Morgan fingerprint density at radius 1 is 1.29 bits per heavy atom.